The van der Waals surface area contributed by atoms with Crippen LogP contribution in [-0.2, 0) is 4.79 Å². The summed E-state index contributed by atoms with van der Waals surface area (Å²) in [6, 6.07) is 17.7. The van der Waals surface area contributed by atoms with Gasteiger partial charge in [0.15, 0.2) is 0 Å². The Balaban J connectivity index is 2.08. The summed E-state index contributed by atoms with van der Waals surface area (Å²) in [5.74, 6) is -0.858. The zero-order valence-electron chi connectivity index (χ0n) is 11.1. The molecule has 1 atom stereocenters. The van der Waals surface area contributed by atoms with Crippen molar-refractivity contribution in [3.05, 3.63) is 54.6 Å². The van der Waals surface area contributed by atoms with E-state index in [-0.39, 0.29) is 0 Å². The Kier molecular flexibility index (Phi) is 3.03. The second kappa shape index (κ2) is 4.85. The molecule has 0 unspecified atom stereocenters. The van der Waals surface area contributed by atoms with Crippen LogP contribution < -0.4 is 5.32 Å². The minimum Gasteiger partial charge on any atom is -0.480 e. The fourth-order valence-electron chi connectivity index (χ4n) is 2.41. The molecule has 0 saturated heterocycles. The third-order valence-corrected chi connectivity index (χ3v) is 3.50. The van der Waals surface area contributed by atoms with Crippen molar-refractivity contribution in [3.63, 3.8) is 0 Å². The lowest BCUT2D eigenvalue weighted by atomic mass is 10.0. The molecule has 0 aliphatic heterocycles. The number of fused-ring (bicyclic) bond motifs is 3. The highest BCUT2D eigenvalue weighted by Gasteiger charge is 2.10. The number of anilines is 1. The van der Waals surface area contributed by atoms with Crippen molar-refractivity contribution in [3.8, 4) is 0 Å². The van der Waals surface area contributed by atoms with Crippen LogP contribution in [0.25, 0.3) is 21.5 Å². The summed E-state index contributed by atoms with van der Waals surface area (Å²) in [4.78, 5) is 10.9. The van der Waals surface area contributed by atoms with E-state index in [9.17, 15) is 4.79 Å². The van der Waals surface area contributed by atoms with Crippen LogP contribution in [0.15, 0.2) is 54.6 Å². The van der Waals surface area contributed by atoms with Crippen molar-refractivity contribution in [1.29, 1.82) is 0 Å². The molecule has 100 valence electrons. The van der Waals surface area contributed by atoms with Gasteiger partial charge in [0.2, 0.25) is 0 Å². The standard InChI is InChI=1S/C17H15NO2/c1-11(17(19)20)18-14-8-9-16-13(10-14)7-6-12-4-2-3-5-15(12)16/h2-11,18H,1H3,(H,19,20)/t11-/m0/s1. The van der Waals surface area contributed by atoms with Crippen LogP contribution in [0.5, 0.6) is 0 Å². The molecule has 0 aliphatic rings. The summed E-state index contributed by atoms with van der Waals surface area (Å²) in [6.07, 6.45) is 0. The smallest absolute Gasteiger partial charge is 0.325 e. The van der Waals surface area contributed by atoms with E-state index in [2.05, 4.69) is 29.6 Å². The molecular weight excluding hydrogens is 250 g/mol. The van der Waals surface area contributed by atoms with Gasteiger partial charge < -0.3 is 10.4 Å². The number of benzene rings is 3. The van der Waals surface area contributed by atoms with Crippen molar-refractivity contribution in [2.75, 3.05) is 5.32 Å². The highest BCUT2D eigenvalue weighted by molar-refractivity contribution is 6.08. The Morgan fingerprint density at radius 2 is 1.70 bits per heavy atom. The lowest BCUT2D eigenvalue weighted by Gasteiger charge is -2.12. The van der Waals surface area contributed by atoms with Gasteiger partial charge >= 0.3 is 5.97 Å². The van der Waals surface area contributed by atoms with Crippen LogP contribution in [0.2, 0.25) is 0 Å². The van der Waals surface area contributed by atoms with Crippen molar-refractivity contribution in [2.24, 2.45) is 0 Å². The van der Waals surface area contributed by atoms with Gasteiger partial charge in [-0.3, -0.25) is 4.79 Å². The largest absolute Gasteiger partial charge is 0.480 e. The summed E-state index contributed by atoms with van der Waals surface area (Å²) in [7, 11) is 0. The first-order chi connectivity index (χ1) is 9.65. The Hall–Kier alpha value is -2.55. The van der Waals surface area contributed by atoms with Crippen LogP contribution in [0, 0.1) is 0 Å². The average molecular weight is 265 g/mol. The van der Waals surface area contributed by atoms with E-state index in [1.165, 1.54) is 16.2 Å². The summed E-state index contributed by atoms with van der Waals surface area (Å²) in [5.41, 5.74) is 0.822. The molecule has 0 radical (unpaired) electrons. The van der Waals surface area contributed by atoms with Gasteiger partial charge in [0.1, 0.15) is 6.04 Å². The van der Waals surface area contributed by atoms with E-state index in [0.29, 0.717) is 0 Å². The molecule has 3 aromatic carbocycles. The molecule has 3 aromatic rings. The fourth-order valence-corrected chi connectivity index (χ4v) is 2.41. The Bertz CT molecular complexity index is 795. The van der Waals surface area contributed by atoms with E-state index < -0.39 is 12.0 Å². The highest BCUT2D eigenvalue weighted by atomic mass is 16.4. The molecule has 3 rings (SSSR count). The number of carboxylic acids is 1. The van der Waals surface area contributed by atoms with Gasteiger partial charge in [0.25, 0.3) is 0 Å². The molecule has 0 saturated carbocycles. The lowest BCUT2D eigenvalue weighted by molar-refractivity contribution is -0.137. The first-order valence-electron chi connectivity index (χ1n) is 6.56. The molecule has 0 spiro atoms. The summed E-state index contributed by atoms with van der Waals surface area (Å²) < 4.78 is 0. The Labute approximate surface area is 116 Å². The Morgan fingerprint density at radius 1 is 1.00 bits per heavy atom. The van der Waals surface area contributed by atoms with Crippen LogP contribution in [-0.4, -0.2) is 17.1 Å². The first kappa shape index (κ1) is 12.5. The number of carboxylic acid groups (broad SMARTS) is 1. The van der Waals surface area contributed by atoms with Crippen LogP contribution in [0.3, 0.4) is 0 Å². The van der Waals surface area contributed by atoms with Crippen LogP contribution in [0.4, 0.5) is 5.69 Å². The van der Waals surface area contributed by atoms with Gasteiger partial charge in [0, 0.05) is 5.69 Å². The van der Waals surface area contributed by atoms with Crippen LogP contribution in [0.1, 0.15) is 6.92 Å². The number of carbonyl (C=O) groups is 1. The predicted molar refractivity (Wildman–Crippen MR) is 82.2 cm³/mol. The summed E-state index contributed by atoms with van der Waals surface area (Å²) in [6.45, 7) is 1.63. The lowest BCUT2D eigenvalue weighted by Crippen LogP contribution is -2.25. The van der Waals surface area contributed by atoms with Gasteiger partial charge in [-0.15, -0.1) is 0 Å². The molecule has 0 bridgehead atoms. The second-order valence-corrected chi connectivity index (χ2v) is 4.93. The maximum Gasteiger partial charge on any atom is 0.325 e. The van der Waals surface area contributed by atoms with E-state index in [4.69, 9.17) is 5.11 Å². The SMILES string of the molecule is C[C@H](Nc1ccc2c(ccc3ccccc32)c1)C(=O)O. The Morgan fingerprint density at radius 3 is 2.50 bits per heavy atom. The minimum atomic E-state index is -0.858. The van der Waals surface area contributed by atoms with Crippen molar-refractivity contribution < 1.29 is 9.90 Å². The van der Waals surface area contributed by atoms with Crippen LogP contribution >= 0.6 is 0 Å². The number of hydrogen-bond acceptors (Lipinski definition) is 2. The molecule has 2 N–H and O–H groups in total. The molecule has 0 fully saturated rings. The predicted octanol–water partition coefficient (Wildman–Crippen LogP) is 3.88. The number of aliphatic carboxylic acids is 1. The second-order valence-electron chi connectivity index (χ2n) is 4.93. The van der Waals surface area contributed by atoms with E-state index >= 15 is 0 Å². The quantitative estimate of drug-likeness (QED) is 0.706. The molecule has 0 aromatic heterocycles. The molecule has 20 heavy (non-hydrogen) atoms. The fraction of sp³-hybridized carbons (Fsp3) is 0.118. The van der Waals surface area contributed by atoms with E-state index in [1.54, 1.807) is 6.92 Å². The normalized spacial score (nSPS) is 12.4. The highest BCUT2D eigenvalue weighted by Crippen LogP contribution is 2.27. The molecule has 0 amide bonds. The topological polar surface area (TPSA) is 49.3 Å². The van der Waals surface area contributed by atoms with Gasteiger partial charge in [-0.2, -0.15) is 0 Å². The maximum atomic E-state index is 10.9. The van der Waals surface area contributed by atoms with Crippen molar-refractivity contribution in [1.82, 2.24) is 0 Å². The maximum absolute atomic E-state index is 10.9. The number of nitrogens with one attached hydrogen (secondary N) is 1. The van der Waals surface area contributed by atoms with Gasteiger partial charge in [0.05, 0.1) is 0 Å². The average Bonchev–Trinajstić information content (AvgIpc) is 2.46. The molecule has 0 aliphatic carbocycles. The minimum absolute atomic E-state index is 0.604. The number of hydrogen-bond donors (Lipinski definition) is 2. The molecular formula is C17H15NO2. The summed E-state index contributed by atoms with van der Waals surface area (Å²) in [5, 5.41) is 16.6. The van der Waals surface area contributed by atoms with Crippen molar-refractivity contribution >= 4 is 33.2 Å². The zero-order chi connectivity index (χ0) is 14.1. The van der Waals surface area contributed by atoms with E-state index in [0.717, 1.165) is 11.1 Å². The van der Waals surface area contributed by atoms with Gasteiger partial charge in [-0.25, -0.2) is 0 Å². The third-order valence-electron chi connectivity index (χ3n) is 3.50. The van der Waals surface area contributed by atoms with E-state index in [1.807, 2.05) is 30.3 Å². The third kappa shape index (κ3) is 2.18. The number of rotatable bonds is 3. The molecule has 3 nitrogen and oxygen atoms in total. The zero-order valence-corrected chi connectivity index (χ0v) is 11.1. The monoisotopic (exact) mass is 265 g/mol. The van der Waals surface area contributed by atoms with Gasteiger partial charge in [-0.05, 0) is 40.6 Å². The summed E-state index contributed by atoms with van der Waals surface area (Å²) >= 11 is 0. The van der Waals surface area contributed by atoms with Gasteiger partial charge in [-0.1, -0.05) is 42.5 Å². The van der Waals surface area contributed by atoms with Crippen molar-refractivity contribution in [2.45, 2.75) is 13.0 Å². The molecule has 3 heteroatoms. The first-order valence-corrected chi connectivity index (χ1v) is 6.56. The molecule has 0 heterocycles.